The van der Waals surface area contributed by atoms with Crippen LogP contribution in [0.2, 0.25) is 5.02 Å². The summed E-state index contributed by atoms with van der Waals surface area (Å²) in [5.74, 6) is -0.0117. The van der Waals surface area contributed by atoms with Gasteiger partial charge in [0.2, 0.25) is 0 Å². The van der Waals surface area contributed by atoms with Crippen LogP contribution in [-0.4, -0.2) is 39.2 Å². The third-order valence-electron chi connectivity index (χ3n) is 5.95. The summed E-state index contributed by atoms with van der Waals surface area (Å²) >= 11 is 5.95. The number of nitrogens with zero attached hydrogens (tertiary/aromatic N) is 5. The molecular weight excluding hydrogens is 464 g/mol. The van der Waals surface area contributed by atoms with E-state index in [0.29, 0.717) is 42.4 Å². The van der Waals surface area contributed by atoms with Gasteiger partial charge in [-0.1, -0.05) is 11.6 Å². The van der Waals surface area contributed by atoms with Crippen molar-refractivity contribution in [3.8, 4) is 11.3 Å². The molecule has 0 bridgehead atoms. The van der Waals surface area contributed by atoms with Crippen LogP contribution >= 0.6 is 11.6 Å². The zero-order valence-corrected chi connectivity index (χ0v) is 19.2. The number of anilines is 1. The van der Waals surface area contributed by atoms with Crippen LogP contribution in [0.1, 0.15) is 17.5 Å². The number of benzene rings is 1. The lowest BCUT2D eigenvalue weighted by Gasteiger charge is -2.34. The average Bonchev–Trinajstić information content (AvgIpc) is 2.82. The van der Waals surface area contributed by atoms with Crippen molar-refractivity contribution < 1.29 is 13.5 Å². The number of pyridine rings is 2. The SMILES string of the molecule is Cc1nc2cc(N3CCO[C@@H](c4cncc(F)c4)C3)nc(-c3ccc(Cl)cc3F)c2c(=O)n1C. The molecule has 0 amide bonds. The summed E-state index contributed by atoms with van der Waals surface area (Å²) in [5.41, 5.74) is 1.03. The predicted octanol–water partition coefficient (Wildman–Crippen LogP) is 4.21. The standard InChI is InChI=1S/C24H20ClF2N5O2/c1-13-29-19-9-21(32-5-6-34-20(12-32)14-7-16(26)11-28-10-14)30-23(22(19)24(33)31(13)2)17-4-3-15(25)8-18(17)27/h3-4,7-11,20H,5-6,12H2,1-2H3/t20-/m1/s1. The van der Waals surface area contributed by atoms with Crippen molar-refractivity contribution >= 4 is 28.3 Å². The Labute approximate surface area is 198 Å². The zero-order valence-electron chi connectivity index (χ0n) is 18.4. The molecular formula is C24H20ClF2N5O2. The van der Waals surface area contributed by atoms with E-state index in [-0.39, 0.29) is 27.2 Å². The fraction of sp³-hybridized carbons (Fsp3) is 0.250. The topological polar surface area (TPSA) is 73.1 Å². The van der Waals surface area contributed by atoms with Gasteiger partial charge in [0.15, 0.2) is 0 Å². The second-order valence-corrected chi connectivity index (χ2v) is 8.55. The highest BCUT2D eigenvalue weighted by Crippen LogP contribution is 2.32. The summed E-state index contributed by atoms with van der Waals surface area (Å²) in [5, 5.41) is 0.459. The summed E-state index contributed by atoms with van der Waals surface area (Å²) in [6.07, 6.45) is 2.27. The van der Waals surface area contributed by atoms with E-state index in [1.165, 1.54) is 22.8 Å². The molecule has 1 aliphatic heterocycles. The molecule has 1 saturated heterocycles. The molecule has 0 spiro atoms. The van der Waals surface area contributed by atoms with Crippen molar-refractivity contribution in [3.63, 3.8) is 0 Å². The Morgan fingerprint density at radius 3 is 2.74 bits per heavy atom. The number of aryl methyl sites for hydroxylation is 1. The van der Waals surface area contributed by atoms with E-state index >= 15 is 0 Å². The second-order valence-electron chi connectivity index (χ2n) is 8.11. The quantitative estimate of drug-likeness (QED) is 0.434. The lowest BCUT2D eigenvalue weighted by Crippen LogP contribution is -2.39. The van der Waals surface area contributed by atoms with Gasteiger partial charge < -0.3 is 9.64 Å². The molecule has 4 aromatic rings. The number of rotatable bonds is 3. The molecule has 1 aliphatic rings. The Bertz CT molecular complexity index is 1480. The summed E-state index contributed by atoms with van der Waals surface area (Å²) in [6.45, 7) is 2.97. The summed E-state index contributed by atoms with van der Waals surface area (Å²) < 4.78 is 35.9. The van der Waals surface area contributed by atoms with Crippen molar-refractivity contribution in [2.45, 2.75) is 13.0 Å². The van der Waals surface area contributed by atoms with Gasteiger partial charge in [0.1, 0.15) is 29.4 Å². The molecule has 4 heterocycles. The molecule has 7 nitrogen and oxygen atoms in total. The van der Waals surface area contributed by atoms with Crippen LogP contribution in [0.5, 0.6) is 0 Å². The first kappa shape index (κ1) is 22.4. The first-order chi connectivity index (χ1) is 16.3. The fourth-order valence-corrected chi connectivity index (χ4v) is 4.24. The van der Waals surface area contributed by atoms with E-state index in [0.717, 1.165) is 6.20 Å². The third kappa shape index (κ3) is 4.01. The second kappa shape index (κ2) is 8.73. The van der Waals surface area contributed by atoms with Gasteiger partial charge in [0.05, 0.1) is 29.4 Å². The fourth-order valence-electron chi connectivity index (χ4n) is 4.08. The van der Waals surface area contributed by atoms with Crippen LogP contribution in [0.4, 0.5) is 14.6 Å². The highest BCUT2D eigenvalue weighted by atomic mass is 35.5. The highest BCUT2D eigenvalue weighted by molar-refractivity contribution is 6.30. The van der Waals surface area contributed by atoms with Crippen LogP contribution < -0.4 is 10.5 Å². The van der Waals surface area contributed by atoms with Gasteiger partial charge in [0.25, 0.3) is 5.56 Å². The molecule has 1 atom stereocenters. The van der Waals surface area contributed by atoms with Crippen LogP contribution in [0.25, 0.3) is 22.2 Å². The van der Waals surface area contributed by atoms with Crippen molar-refractivity contribution in [3.05, 3.63) is 81.1 Å². The van der Waals surface area contributed by atoms with Crippen LogP contribution in [0, 0.1) is 18.6 Å². The van der Waals surface area contributed by atoms with E-state index in [1.54, 1.807) is 32.3 Å². The molecule has 0 N–H and O–H groups in total. The molecule has 5 rings (SSSR count). The zero-order chi connectivity index (χ0) is 24.0. The molecule has 0 saturated carbocycles. The van der Waals surface area contributed by atoms with Gasteiger partial charge in [-0.3, -0.25) is 14.3 Å². The van der Waals surface area contributed by atoms with Crippen LogP contribution in [0.3, 0.4) is 0 Å². The minimum atomic E-state index is -0.591. The number of aromatic nitrogens is 4. The smallest absolute Gasteiger partial charge is 0.263 e. The average molecular weight is 484 g/mol. The Hall–Kier alpha value is -3.43. The Morgan fingerprint density at radius 1 is 1.15 bits per heavy atom. The van der Waals surface area contributed by atoms with Crippen LogP contribution in [-0.2, 0) is 11.8 Å². The minimum absolute atomic E-state index is 0.151. The molecule has 10 heteroatoms. The van der Waals surface area contributed by atoms with E-state index in [1.807, 2.05) is 4.90 Å². The van der Waals surface area contributed by atoms with Crippen LogP contribution in [0.15, 0.2) is 47.5 Å². The van der Waals surface area contributed by atoms with Gasteiger partial charge in [-0.25, -0.2) is 18.7 Å². The van der Waals surface area contributed by atoms with Gasteiger partial charge in [-0.15, -0.1) is 0 Å². The summed E-state index contributed by atoms with van der Waals surface area (Å²) in [7, 11) is 1.61. The monoisotopic (exact) mass is 483 g/mol. The molecule has 1 fully saturated rings. The van der Waals surface area contributed by atoms with E-state index in [4.69, 9.17) is 21.3 Å². The molecule has 1 aromatic carbocycles. The molecule has 34 heavy (non-hydrogen) atoms. The molecule has 0 aliphatic carbocycles. The van der Waals surface area contributed by atoms with Crippen molar-refractivity contribution in [2.24, 2.45) is 7.05 Å². The molecule has 174 valence electrons. The van der Waals surface area contributed by atoms with E-state index < -0.39 is 17.7 Å². The number of fused-ring (bicyclic) bond motifs is 1. The number of halogens is 3. The van der Waals surface area contributed by atoms with Crippen molar-refractivity contribution in [2.75, 3.05) is 24.6 Å². The maximum Gasteiger partial charge on any atom is 0.263 e. The van der Waals surface area contributed by atoms with Gasteiger partial charge in [-0.2, -0.15) is 0 Å². The van der Waals surface area contributed by atoms with E-state index in [2.05, 4.69) is 9.97 Å². The van der Waals surface area contributed by atoms with E-state index in [9.17, 15) is 13.6 Å². The first-order valence-electron chi connectivity index (χ1n) is 10.6. The van der Waals surface area contributed by atoms with Crippen molar-refractivity contribution in [1.29, 1.82) is 0 Å². The first-order valence-corrected chi connectivity index (χ1v) is 11.0. The Morgan fingerprint density at radius 2 is 1.97 bits per heavy atom. The summed E-state index contributed by atoms with van der Waals surface area (Å²) in [4.78, 5) is 28.3. The van der Waals surface area contributed by atoms with Gasteiger partial charge >= 0.3 is 0 Å². The Balaban J connectivity index is 1.66. The number of ether oxygens (including phenoxy) is 1. The van der Waals surface area contributed by atoms with Gasteiger partial charge in [-0.05, 0) is 31.2 Å². The predicted molar refractivity (Wildman–Crippen MR) is 125 cm³/mol. The number of morpholine rings is 1. The maximum atomic E-state index is 14.9. The Kier molecular flexibility index (Phi) is 5.75. The number of hydrogen-bond donors (Lipinski definition) is 0. The molecule has 3 aromatic heterocycles. The molecule has 0 unspecified atom stereocenters. The minimum Gasteiger partial charge on any atom is -0.370 e. The lowest BCUT2D eigenvalue weighted by molar-refractivity contribution is 0.0391. The normalized spacial score (nSPS) is 16.3. The third-order valence-corrected chi connectivity index (χ3v) is 6.18. The largest absolute Gasteiger partial charge is 0.370 e. The summed E-state index contributed by atoms with van der Waals surface area (Å²) in [6, 6.07) is 7.34. The lowest BCUT2D eigenvalue weighted by atomic mass is 10.1. The maximum absolute atomic E-state index is 14.9. The molecule has 0 radical (unpaired) electrons. The highest BCUT2D eigenvalue weighted by Gasteiger charge is 2.26. The number of hydrogen-bond acceptors (Lipinski definition) is 6. The van der Waals surface area contributed by atoms with Gasteiger partial charge in [0, 0.05) is 48.5 Å². The van der Waals surface area contributed by atoms with Crippen molar-refractivity contribution in [1.82, 2.24) is 19.5 Å².